The highest BCUT2D eigenvalue weighted by Gasteiger charge is 2.29. The third kappa shape index (κ3) is 3.70. The van der Waals surface area contributed by atoms with Crippen LogP contribution in [0.1, 0.15) is 46.6 Å². The number of esters is 2. The summed E-state index contributed by atoms with van der Waals surface area (Å²) in [4.78, 5) is 32.7. The van der Waals surface area contributed by atoms with E-state index < -0.39 is 18.0 Å². The van der Waals surface area contributed by atoms with Gasteiger partial charge in [-0.1, -0.05) is 29.3 Å². The summed E-state index contributed by atoms with van der Waals surface area (Å²) in [6, 6.07) is 9.57. The lowest BCUT2D eigenvalue weighted by Gasteiger charge is -2.17. The first-order valence-electron chi connectivity index (χ1n) is 8.69. The Hall–Kier alpha value is -2.57. The molecule has 1 aliphatic carbocycles. The maximum Gasteiger partial charge on any atom is 0.352 e. The largest absolute Gasteiger partial charge is 0.466 e. The van der Waals surface area contributed by atoms with Crippen molar-refractivity contribution in [2.45, 2.75) is 24.9 Å². The lowest BCUT2D eigenvalue weighted by molar-refractivity contribution is -0.151. The molecule has 144 valence electrons. The van der Waals surface area contributed by atoms with Gasteiger partial charge in [0.05, 0.1) is 23.7 Å². The summed E-state index contributed by atoms with van der Waals surface area (Å²) in [5, 5.41) is 0.605. The summed E-state index contributed by atoms with van der Waals surface area (Å²) in [7, 11) is 1.21. The Morgan fingerprint density at radius 2 is 1.96 bits per heavy atom. The van der Waals surface area contributed by atoms with Gasteiger partial charge in [-0.15, -0.1) is 0 Å². The van der Waals surface area contributed by atoms with Gasteiger partial charge < -0.3 is 14.5 Å². The number of nitrogens with zero attached hydrogens (tertiary/aromatic N) is 1. The third-order valence-corrected chi connectivity index (χ3v) is 5.15. The number of fused-ring (bicyclic) bond motifs is 1. The first-order chi connectivity index (χ1) is 13.5. The Kier molecular flexibility index (Phi) is 5.00. The summed E-state index contributed by atoms with van der Waals surface area (Å²) in [6.07, 6.45) is 0.941. The lowest BCUT2D eigenvalue weighted by Crippen LogP contribution is -2.21. The number of carbonyl (C=O) groups is 2. The van der Waals surface area contributed by atoms with Gasteiger partial charge in [0.15, 0.2) is 0 Å². The number of hydrogen-bond donors (Lipinski definition) is 1. The number of aromatic nitrogens is 2. The van der Waals surface area contributed by atoms with E-state index in [9.17, 15) is 9.59 Å². The first kappa shape index (κ1) is 18.8. The topological polar surface area (TPSA) is 81.3 Å². The molecule has 0 bridgehead atoms. The third-order valence-electron chi connectivity index (χ3n) is 4.59. The number of imidazole rings is 1. The molecule has 1 N–H and O–H groups in total. The van der Waals surface area contributed by atoms with Crippen molar-refractivity contribution in [3.05, 3.63) is 63.4 Å². The monoisotopic (exact) mass is 418 g/mol. The Bertz CT molecular complexity index is 1080. The molecule has 2 aromatic carbocycles. The molecule has 28 heavy (non-hydrogen) atoms. The van der Waals surface area contributed by atoms with E-state index in [4.69, 9.17) is 32.7 Å². The average molecular weight is 419 g/mol. The molecule has 1 unspecified atom stereocenters. The van der Waals surface area contributed by atoms with Crippen LogP contribution in [-0.2, 0) is 14.3 Å². The van der Waals surface area contributed by atoms with Crippen LogP contribution < -0.4 is 0 Å². The van der Waals surface area contributed by atoms with Crippen molar-refractivity contribution in [1.82, 2.24) is 9.97 Å². The van der Waals surface area contributed by atoms with Crippen molar-refractivity contribution in [3.8, 4) is 0 Å². The predicted molar refractivity (Wildman–Crippen MR) is 105 cm³/mol. The molecule has 1 heterocycles. The van der Waals surface area contributed by atoms with Crippen LogP contribution in [-0.4, -0.2) is 29.0 Å². The fraction of sp³-hybridized carbons (Fsp3) is 0.250. The quantitative estimate of drug-likeness (QED) is 0.600. The summed E-state index contributed by atoms with van der Waals surface area (Å²) in [5.74, 6) is -0.0125. The van der Waals surface area contributed by atoms with Gasteiger partial charge in [-0.05, 0) is 43.2 Å². The van der Waals surface area contributed by atoms with E-state index in [-0.39, 0.29) is 10.6 Å². The smallest absolute Gasteiger partial charge is 0.352 e. The number of methoxy groups -OCH3 is 1. The van der Waals surface area contributed by atoms with E-state index in [2.05, 4.69) is 9.97 Å². The van der Waals surface area contributed by atoms with Gasteiger partial charge in [0.2, 0.25) is 6.10 Å². The number of benzene rings is 2. The van der Waals surface area contributed by atoms with Gasteiger partial charge in [0.25, 0.3) is 0 Å². The zero-order valence-electron chi connectivity index (χ0n) is 14.9. The molecule has 0 saturated heterocycles. The second-order valence-electron chi connectivity index (χ2n) is 6.60. The summed E-state index contributed by atoms with van der Waals surface area (Å²) < 4.78 is 10.2. The Morgan fingerprint density at radius 3 is 2.64 bits per heavy atom. The minimum absolute atomic E-state index is 0.203. The number of nitrogens with one attached hydrogen (secondary N) is 1. The second-order valence-corrected chi connectivity index (χ2v) is 7.45. The standard InChI is InChI=1S/C20H16Cl2N2O4/c1-27-20(26)17(13-6-5-12(21)9-14(13)22)28-19(25)11-4-7-15-16(8-11)24-18(23-15)10-2-3-10/h4-10,17H,2-3H2,1H3,(H,23,24). The maximum atomic E-state index is 12.7. The number of H-pyrrole nitrogens is 1. The molecule has 1 saturated carbocycles. The fourth-order valence-corrected chi connectivity index (χ4v) is 3.45. The molecule has 0 spiro atoms. The normalized spacial score (nSPS) is 14.7. The number of hydrogen-bond acceptors (Lipinski definition) is 5. The molecule has 8 heteroatoms. The van der Waals surface area contributed by atoms with Crippen LogP contribution in [0.25, 0.3) is 11.0 Å². The van der Waals surface area contributed by atoms with E-state index in [1.807, 2.05) is 0 Å². The van der Waals surface area contributed by atoms with E-state index >= 15 is 0 Å². The van der Waals surface area contributed by atoms with E-state index in [1.54, 1.807) is 24.3 Å². The zero-order chi connectivity index (χ0) is 19.8. The molecule has 4 rings (SSSR count). The van der Waals surface area contributed by atoms with Crippen molar-refractivity contribution in [1.29, 1.82) is 0 Å². The molecule has 0 amide bonds. The number of aromatic amines is 1. The Balaban J connectivity index is 1.61. The zero-order valence-corrected chi connectivity index (χ0v) is 16.4. The van der Waals surface area contributed by atoms with Crippen molar-refractivity contribution in [3.63, 3.8) is 0 Å². The molecule has 1 aliphatic rings. The number of ether oxygens (including phenoxy) is 2. The van der Waals surface area contributed by atoms with Gasteiger partial charge in [-0.2, -0.15) is 0 Å². The predicted octanol–water partition coefficient (Wildman–Crippen LogP) is 4.82. The van der Waals surface area contributed by atoms with Crippen molar-refractivity contribution in [2.24, 2.45) is 0 Å². The summed E-state index contributed by atoms with van der Waals surface area (Å²) in [6.45, 7) is 0. The molecule has 0 radical (unpaired) electrons. The van der Waals surface area contributed by atoms with Crippen LogP contribution in [0, 0.1) is 0 Å². The minimum Gasteiger partial charge on any atom is -0.466 e. The second kappa shape index (κ2) is 7.45. The minimum atomic E-state index is -1.30. The molecule has 1 fully saturated rings. The van der Waals surface area contributed by atoms with Crippen LogP contribution in [0.3, 0.4) is 0 Å². The van der Waals surface area contributed by atoms with Gasteiger partial charge in [0.1, 0.15) is 5.82 Å². The molecular formula is C20H16Cl2N2O4. The molecular weight excluding hydrogens is 403 g/mol. The van der Waals surface area contributed by atoms with E-state index in [0.717, 1.165) is 29.7 Å². The van der Waals surface area contributed by atoms with Crippen molar-refractivity contribution in [2.75, 3.05) is 7.11 Å². The fourth-order valence-electron chi connectivity index (χ4n) is 2.94. The number of halogens is 2. The van der Waals surface area contributed by atoms with Crippen molar-refractivity contribution < 1.29 is 19.1 Å². The van der Waals surface area contributed by atoms with Crippen molar-refractivity contribution >= 4 is 46.2 Å². The number of rotatable bonds is 5. The molecule has 1 aromatic heterocycles. The van der Waals surface area contributed by atoms with Crippen LogP contribution in [0.2, 0.25) is 10.0 Å². The van der Waals surface area contributed by atoms with Crippen LogP contribution in [0.15, 0.2) is 36.4 Å². The summed E-state index contributed by atoms with van der Waals surface area (Å²) >= 11 is 12.1. The molecule has 0 aliphatic heterocycles. The SMILES string of the molecule is COC(=O)C(OC(=O)c1ccc2nc(C3CC3)[nH]c2c1)c1ccc(Cl)cc1Cl. The van der Waals surface area contributed by atoms with Crippen LogP contribution in [0.5, 0.6) is 0 Å². The highest BCUT2D eigenvalue weighted by molar-refractivity contribution is 6.35. The Labute approximate surface area is 170 Å². The molecule has 6 nitrogen and oxygen atoms in total. The van der Waals surface area contributed by atoms with Gasteiger partial charge in [-0.25, -0.2) is 14.6 Å². The average Bonchev–Trinajstić information content (AvgIpc) is 3.44. The Morgan fingerprint density at radius 1 is 1.18 bits per heavy atom. The van der Waals surface area contributed by atoms with Crippen LogP contribution >= 0.6 is 23.2 Å². The van der Waals surface area contributed by atoms with E-state index in [1.165, 1.54) is 19.2 Å². The first-order valence-corrected chi connectivity index (χ1v) is 9.45. The van der Waals surface area contributed by atoms with Gasteiger partial charge in [-0.3, -0.25) is 0 Å². The lowest BCUT2D eigenvalue weighted by atomic mass is 10.1. The maximum absolute atomic E-state index is 12.7. The molecule has 3 aromatic rings. The van der Waals surface area contributed by atoms with Gasteiger partial charge in [0, 0.05) is 21.5 Å². The van der Waals surface area contributed by atoms with E-state index in [0.29, 0.717) is 16.5 Å². The van der Waals surface area contributed by atoms with Gasteiger partial charge >= 0.3 is 11.9 Å². The van der Waals surface area contributed by atoms with Crippen LogP contribution in [0.4, 0.5) is 0 Å². The summed E-state index contributed by atoms with van der Waals surface area (Å²) in [5.41, 5.74) is 2.11. The highest BCUT2D eigenvalue weighted by atomic mass is 35.5. The number of carbonyl (C=O) groups excluding carboxylic acids is 2. The molecule has 1 atom stereocenters. The highest BCUT2D eigenvalue weighted by Crippen LogP contribution is 2.39.